The standard InChI is InChI=1S/C16H19N5O2/c1-9-3-2-4-12-14(9)23-16(20-12)17-7-11-5-10(6-13(11)22)15-18-8-19-21-15/h2-4,8,10-11,13,22H,5-7H2,1H3,(H,17,20)(H,18,19,21)/t10-,11+,13+/m1/s1. The van der Waals surface area contributed by atoms with Crippen molar-refractivity contribution in [3.63, 3.8) is 0 Å². The van der Waals surface area contributed by atoms with Gasteiger partial charge in [0.25, 0.3) is 6.01 Å². The average Bonchev–Trinajstić information content (AvgIpc) is 3.24. The van der Waals surface area contributed by atoms with Crippen molar-refractivity contribution < 1.29 is 9.52 Å². The van der Waals surface area contributed by atoms with Crippen LogP contribution < -0.4 is 5.32 Å². The molecule has 0 radical (unpaired) electrons. The maximum Gasteiger partial charge on any atom is 0.295 e. The van der Waals surface area contributed by atoms with Crippen LogP contribution in [0.2, 0.25) is 0 Å². The number of aliphatic hydroxyl groups excluding tert-OH is 1. The highest BCUT2D eigenvalue weighted by Crippen LogP contribution is 2.37. The molecule has 1 aliphatic rings. The first-order chi connectivity index (χ1) is 11.2. The van der Waals surface area contributed by atoms with E-state index in [0.29, 0.717) is 19.0 Å². The van der Waals surface area contributed by atoms with Gasteiger partial charge in [-0.1, -0.05) is 12.1 Å². The van der Waals surface area contributed by atoms with Crippen molar-refractivity contribution in [2.45, 2.75) is 31.8 Å². The Labute approximate surface area is 133 Å². The van der Waals surface area contributed by atoms with Crippen molar-refractivity contribution in [3.05, 3.63) is 35.9 Å². The molecule has 2 heterocycles. The molecule has 2 aromatic heterocycles. The molecule has 0 unspecified atom stereocenters. The molecule has 3 atom stereocenters. The number of aliphatic hydroxyl groups is 1. The smallest absolute Gasteiger partial charge is 0.295 e. The van der Waals surface area contributed by atoms with E-state index < -0.39 is 0 Å². The van der Waals surface area contributed by atoms with Gasteiger partial charge in [0.05, 0.1) is 6.10 Å². The number of nitrogens with zero attached hydrogens (tertiary/aromatic N) is 3. The summed E-state index contributed by atoms with van der Waals surface area (Å²) in [6, 6.07) is 6.40. The minimum Gasteiger partial charge on any atom is -0.423 e. The molecular formula is C16H19N5O2. The van der Waals surface area contributed by atoms with Gasteiger partial charge in [-0.05, 0) is 31.4 Å². The lowest BCUT2D eigenvalue weighted by atomic mass is 10.0. The summed E-state index contributed by atoms with van der Waals surface area (Å²) in [4.78, 5) is 8.64. The fourth-order valence-corrected chi connectivity index (χ4v) is 3.34. The Balaban J connectivity index is 1.43. The molecule has 7 heteroatoms. The first kappa shape index (κ1) is 14.2. The molecule has 120 valence electrons. The second-order valence-corrected chi connectivity index (χ2v) is 6.19. The number of rotatable bonds is 4. The van der Waals surface area contributed by atoms with E-state index in [1.807, 2.05) is 25.1 Å². The van der Waals surface area contributed by atoms with Crippen LogP contribution >= 0.6 is 0 Å². The van der Waals surface area contributed by atoms with Crippen LogP contribution in [0.4, 0.5) is 6.01 Å². The van der Waals surface area contributed by atoms with Gasteiger partial charge in [-0.15, -0.1) is 0 Å². The fourth-order valence-electron chi connectivity index (χ4n) is 3.34. The molecular weight excluding hydrogens is 294 g/mol. The number of hydrogen-bond acceptors (Lipinski definition) is 6. The number of hydrogen-bond donors (Lipinski definition) is 3. The summed E-state index contributed by atoms with van der Waals surface area (Å²) in [5.74, 6) is 1.22. The van der Waals surface area contributed by atoms with Crippen molar-refractivity contribution in [2.24, 2.45) is 5.92 Å². The summed E-state index contributed by atoms with van der Waals surface area (Å²) >= 11 is 0. The number of fused-ring (bicyclic) bond motifs is 1. The molecule has 23 heavy (non-hydrogen) atoms. The van der Waals surface area contributed by atoms with Crippen LogP contribution in [0.15, 0.2) is 28.9 Å². The van der Waals surface area contributed by atoms with E-state index in [0.717, 1.165) is 28.9 Å². The molecule has 7 nitrogen and oxygen atoms in total. The summed E-state index contributed by atoms with van der Waals surface area (Å²) in [6.07, 6.45) is 2.72. The maximum atomic E-state index is 10.3. The Morgan fingerprint density at radius 1 is 1.39 bits per heavy atom. The predicted molar refractivity (Wildman–Crippen MR) is 85.1 cm³/mol. The van der Waals surface area contributed by atoms with Gasteiger partial charge in [-0.3, -0.25) is 5.10 Å². The van der Waals surface area contributed by atoms with Crippen molar-refractivity contribution in [2.75, 3.05) is 11.9 Å². The third-order valence-electron chi connectivity index (χ3n) is 4.61. The zero-order valence-electron chi connectivity index (χ0n) is 12.9. The maximum absolute atomic E-state index is 10.3. The molecule has 1 aromatic carbocycles. The Morgan fingerprint density at radius 3 is 3.09 bits per heavy atom. The minimum absolute atomic E-state index is 0.140. The van der Waals surface area contributed by atoms with Crippen LogP contribution in [0.25, 0.3) is 11.1 Å². The average molecular weight is 313 g/mol. The quantitative estimate of drug-likeness (QED) is 0.683. The number of para-hydroxylation sites is 1. The molecule has 0 saturated heterocycles. The lowest BCUT2D eigenvalue weighted by Crippen LogP contribution is -2.21. The minimum atomic E-state index is -0.358. The normalized spacial score (nSPS) is 24.3. The van der Waals surface area contributed by atoms with Crippen molar-refractivity contribution >= 4 is 17.1 Å². The summed E-state index contributed by atoms with van der Waals surface area (Å²) in [7, 11) is 0. The van der Waals surface area contributed by atoms with Crippen LogP contribution in [0.5, 0.6) is 0 Å². The van der Waals surface area contributed by atoms with Gasteiger partial charge in [0.2, 0.25) is 0 Å². The van der Waals surface area contributed by atoms with Crippen molar-refractivity contribution in [1.29, 1.82) is 0 Å². The highest BCUT2D eigenvalue weighted by Gasteiger charge is 2.35. The van der Waals surface area contributed by atoms with E-state index in [4.69, 9.17) is 4.42 Å². The molecule has 3 N–H and O–H groups in total. The van der Waals surface area contributed by atoms with Gasteiger partial charge in [0.15, 0.2) is 5.58 Å². The van der Waals surface area contributed by atoms with E-state index in [9.17, 15) is 5.11 Å². The summed E-state index contributed by atoms with van der Waals surface area (Å²) in [5.41, 5.74) is 2.72. The largest absolute Gasteiger partial charge is 0.423 e. The van der Waals surface area contributed by atoms with Crippen LogP contribution in [0.1, 0.15) is 30.1 Å². The molecule has 1 aliphatic carbocycles. The summed E-state index contributed by atoms with van der Waals surface area (Å²) < 4.78 is 5.76. The molecule has 1 saturated carbocycles. The predicted octanol–water partition coefficient (Wildman–Crippen LogP) is 2.22. The van der Waals surface area contributed by atoms with E-state index in [1.165, 1.54) is 6.33 Å². The Bertz CT molecular complexity index is 798. The molecule has 0 aliphatic heterocycles. The van der Waals surface area contributed by atoms with Crippen LogP contribution in [0, 0.1) is 12.8 Å². The number of aromatic nitrogens is 4. The zero-order valence-corrected chi connectivity index (χ0v) is 12.9. The number of benzene rings is 1. The van der Waals surface area contributed by atoms with Gasteiger partial charge < -0.3 is 14.8 Å². The van der Waals surface area contributed by atoms with Crippen LogP contribution in [-0.4, -0.2) is 37.9 Å². The number of nitrogens with one attached hydrogen (secondary N) is 2. The van der Waals surface area contributed by atoms with E-state index >= 15 is 0 Å². The van der Waals surface area contributed by atoms with Gasteiger partial charge >= 0.3 is 0 Å². The molecule has 1 fully saturated rings. The topological polar surface area (TPSA) is 99.9 Å². The summed E-state index contributed by atoms with van der Waals surface area (Å²) in [5, 5.41) is 20.3. The van der Waals surface area contributed by atoms with Crippen molar-refractivity contribution in [3.8, 4) is 0 Å². The SMILES string of the molecule is Cc1cccc2nc(NC[C@@H]3C[C@@H](c4ncn[nH]4)C[C@@H]3O)oc12. The Morgan fingerprint density at radius 2 is 2.30 bits per heavy atom. The third-order valence-corrected chi connectivity index (χ3v) is 4.61. The lowest BCUT2D eigenvalue weighted by Gasteiger charge is -2.13. The number of anilines is 1. The van der Waals surface area contributed by atoms with E-state index in [2.05, 4.69) is 25.5 Å². The van der Waals surface area contributed by atoms with Gasteiger partial charge in [0.1, 0.15) is 17.7 Å². The fraction of sp³-hybridized carbons (Fsp3) is 0.438. The number of aryl methyl sites for hydroxylation is 1. The molecule has 0 bridgehead atoms. The van der Waals surface area contributed by atoms with Gasteiger partial charge in [0, 0.05) is 18.4 Å². The van der Waals surface area contributed by atoms with E-state index in [-0.39, 0.29) is 17.9 Å². The molecule has 0 spiro atoms. The Hall–Kier alpha value is -2.41. The van der Waals surface area contributed by atoms with Crippen LogP contribution in [-0.2, 0) is 0 Å². The van der Waals surface area contributed by atoms with Crippen LogP contribution in [0.3, 0.4) is 0 Å². The second-order valence-electron chi connectivity index (χ2n) is 6.19. The monoisotopic (exact) mass is 313 g/mol. The summed E-state index contributed by atoms with van der Waals surface area (Å²) in [6.45, 7) is 2.62. The highest BCUT2D eigenvalue weighted by molar-refractivity contribution is 5.77. The molecule has 3 aromatic rings. The van der Waals surface area contributed by atoms with Gasteiger partial charge in [-0.25, -0.2) is 4.98 Å². The molecule has 4 rings (SSSR count). The molecule has 0 amide bonds. The number of oxazole rings is 1. The number of aromatic amines is 1. The van der Waals surface area contributed by atoms with Crippen molar-refractivity contribution in [1.82, 2.24) is 20.2 Å². The first-order valence-corrected chi connectivity index (χ1v) is 7.84. The number of H-pyrrole nitrogens is 1. The van der Waals surface area contributed by atoms with Gasteiger partial charge in [-0.2, -0.15) is 10.1 Å². The first-order valence-electron chi connectivity index (χ1n) is 7.84. The lowest BCUT2D eigenvalue weighted by molar-refractivity contribution is 0.137. The third kappa shape index (κ3) is 2.68. The van der Waals surface area contributed by atoms with E-state index in [1.54, 1.807) is 0 Å². The Kier molecular flexibility index (Phi) is 3.49. The highest BCUT2D eigenvalue weighted by atomic mass is 16.4. The zero-order chi connectivity index (χ0) is 15.8. The second kappa shape index (κ2) is 5.66.